The van der Waals surface area contributed by atoms with E-state index in [-0.39, 0.29) is 65.8 Å². The average Bonchev–Trinajstić information content (AvgIpc) is 3.54. The number of hydrogen-bond acceptors (Lipinski definition) is 9. The molecular weight excluding hydrogens is 683 g/mol. The highest BCUT2D eigenvalue weighted by atomic mass is 35.5. The number of rotatable bonds is 12. The van der Waals surface area contributed by atoms with Crippen molar-refractivity contribution < 1.29 is 32.2 Å². The molecule has 0 bridgehead atoms. The van der Waals surface area contributed by atoms with Gasteiger partial charge in [-0.2, -0.15) is 13.2 Å². The lowest BCUT2D eigenvalue weighted by atomic mass is 9.94. The molecule has 1 unspecified atom stereocenters. The van der Waals surface area contributed by atoms with Crippen LogP contribution in [0.5, 0.6) is 5.88 Å². The quantitative estimate of drug-likeness (QED) is 0.1000. The first-order valence-corrected chi connectivity index (χ1v) is 17.1. The molecule has 49 heavy (non-hydrogen) atoms. The molecule has 2 fully saturated rings. The van der Waals surface area contributed by atoms with Gasteiger partial charge < -0.3 is 19.7 Å². The van der Waals surface area contributed by atoms with E-state index in [0.29, 0.717) is 24.0 Å². The summed E-state index contributed by atoms with van der Waals surface area (Å²) in [5.74, 6) is 0.570. The number of nitrogens with zero attached hydrogens (tertiary/aromatic N) is 5. The van der Waals surface area contributed by atoms with Crippen LogP contribution in [0.25, 0.3) is 5.82 Å². The largest absolute Gasteiger partial charge is 0.477 e. The van der Waals surface area contributed by atoms with Crippen LogP contribution in [-0.4, -0.2) is 73.7 Å². The van der Waals surface area contributed by atoms with Gasteiger partial charge in [0.1, 0.15) is 21.6 Å². The van der Waals surface area contributed by atoms with Gasteiger partial charge in [-0.15, -0.1) is 5.10 Å². The number of pyridine rings is 1. The molecule has 2 amide bonds. The number of carbonyl (C=O) groups excluding carboxylic acids is 2. The van der Waals surface area contributed by atoms with Crippen molar-refractivity contribution in [1.82, 2.24) is 29.7 Å². The predicted molar refractivity (Wildman–Crippen MR) is 184 cm³/mol. The maximum atomic E-state index is 13.1. The van der Waals surface area contributed by atoms with E-state index in [2.05, 4.69) is 38.3 Å². The van der Waals surface area contributed by atoms with Gasteiger partial charge in [0.2, 0.25) is 5.88 Å². The van der Waals surface area contributed by atoms with E-state index in [1.807, 2.05) is 34.6 Å². The topological polar surface area (TPSA) is 123 Å². The summed E-state index contributed by atoms with van der Waals surface area (Å²) in [5, 5.41) is 7.67. The minimum absolute atomic E-state index is 0.0853. The molecule has 0 aromatic carbocycles. The Morgan fingerprint density at radius 2 is 1.94 bits per heavy atom. The Morgan fingerprint density at radius 1 is 1.22 bits per heavy atom. The van der Waals surface area contributed by atoms with Crippen LogP contribution in [0, 0.1) is 11.3 Å². The van der Waals surface area contributed by atoms with Crippen molar-refractivity contribution in [3.05, 3.63) is 60.2 Å². The highest BCUT2D eigenvalue weighted by molar-refractivity contribution is 8.13. The number of likely N-dealkylation sites (tertiary alicyclic amines) is 1. The second-order valence-electron chi connectivity index (χ2n) is 13.8. The molecule has 1 aliphatic heterocycles. The minimum atomic E-state index is -4.24. The van der Waals surface area contributed by atoms with Crippen molar-refractivity contribution in [2.24, 2.45) is 16.3 Å². The molecule has 268 valence electrons. The Balaban J connectivity index is 1.23. The van der Waals surface area contributed by atoms with Crippen LogP contribution >= 0.6 is 23.5 Å². The van der Waals surface area contributed by atoms with Crippen molar-refractivity contribution in [3.8, 4) is 11.7 Å². The van der Waals surface area contributed by atoms with Gasteiger partial charge in [-0.3, -0.25) is 9.52 Å². The van der Waals surface area contributed by atoms with E-state index in [1.165, 1.54) is 35.2 Å². The summed E-state index contributed by atoms with van der Waals surface area (Å²) in [4.78, 5) is 36.0. The van der Waals surface area contributed by atoms with Crippen LogP contribution < -0.4 is 14.8 Å². The summed E-state index contributed by atoms with van der Waals surface area (Å²) in [7, 11) is 0. The maximum Gasteiger partial charge on any atom is 0.410 e. The fourth-order valence-electron chi connectivity index (χ4n) is 5.49. The first-order chi connectivity index (χ1) is 22.8. The Hall–Kier alpha value is -3.72. The van der Waals surface area contributed by atoms with Crippen LogP contribution in [0.15, 0.2) is 54.4 Å². The maximum absolute atomic E-state index is 13.1. The zero-order valence-corrected chi connectivity index (χ0v) is 29.9. The van der Waals surface area contributed by atoms with Crippen molar-refractivity contribution in [1.29, 1.82) is 0 Å². The van der Waals surface area contributed by atoms with E-state index in [9.17, 15) is 22.8 Å². The Labute approximate surface area is 293 Å². The molecule has 2 N–H and O–H groups in total. The summed E-state index contributed by atoms with van der Waals surface area (Å²) >= 11 is 7.25. The number of alkyl halides is 3. The molecule has 0 spiro atoms. The lowest BCUT2D eigenvalue weighted by Gasteiger charge is -2.33. The first-order valence-electron chi connectivity index (χ1n) is 15.9. The fraction of sp³-hybridized carbons (Fsp3) is 0.545. The van der Waals surface area contributed by atoms with Crippen LogP contribution in [0.1, 0.15) is 77.1 Å². The summed E-state index contributed by atoms with van der Waals surface area (Å²) in [5.41, 5.74) is -2.42. The molecule has 1 atom stereocenters. The van der Waals surface area contributed by atoms with Crippen LogP contribution in [0.2, 0.25) is 5.15 Å². The number of carbonyl (C=O) groups is 2. The molecule has 2 aromatic heterocycles. The van der Waals surface area contributed by atoms with E-state index < -0.39 is 23.1 Å². The third-order valence-corrected chi connectivity index (χ3v) is 9.33. The zero-order valence-electron chi connectivity index (χ0n) is 28.3. The average molecular weight is 726 g/mol. The molecule has 1 saturated heterocycles. The van der Waals surface area contributed by atoms with Gasteiger partial charge in [0, 0.05) is 42.8 Å². The minimum Gasteiger partial charge on any atom is -0.477 e. The van der Waals surface area contributed by atoms with E-state index in [1.54, 1.807) is 4.90 Å². The van der Waals surface area contributed by atoms with Crippen LogP contribution in [-0.2, 0) is 4.74 Å². The van der Waals surface area contributed by atoms with E-state index >= 15 is 0 Å². The zero-order chi connectivity index (χ0) is 36.2. The van der Waals surface area contributed by atoms with Crippen molar-refractivity contribution in [3.63, 3.8) is 0 Å². The molecule has 1 saturated carbocycles. The molecule has 1 aliphatic carbocycles. The van der Waals surface area contributed by atoms with Gasteiger partial charge in [0.15, 0.2) is 5.82 Å². The molecule has 16 heteroatoms. The standard InChI is InChI=1S/C33H43ClF3N7O4S/c1-8-26(39-21(2)38-16-11-22-19-31(6,7)43(20-22)29(46)48-30(3,4)5)49-42-28(45)23-9-10-24(40-27(23)34)44-17-12-25(41-44)47-18-15-32(13-14-32)33(35,36)37/h8-10,12,17,22,38H,1-2,11,13-16,18-20H2,3-7H3,(H,42,45)/b39-26+. The Kier molecular flexibility index (Phi) is 11.7. The SMILES string of the molecule is C=C/C(=N\C(=C)NCCC1CN(C(=O)OC(C)(C)C)C(C)(C)C1)SNC(=O)c1ccc(-n2ccc(OCCC3(C(F)(F)F)CC3)n2)nc1Cl. The molecule has 2 aromatic rings. The number of nitrogens with one attached hydrogen (secondary N) is 2. The predicted octanol–water partition coefficient (Wildman–Crippen LogP) is 7.48. The fourth-order valence-corrected chi connectivity index (χ4v) is 6.27. The number of hydrogen-bond donors (Lipinski definition) is 2. The summed E-state index contributed by atoms with van der Waals surface area (Å²) in [6.07, 6.45) is 0.191. The van der Waals surface area contributed by atoms with Gasteiger partial charge in [-0.05, 0) is 90.8 Å². The summed E-state index contributed by atoms with van der Waals surface area (Å²) < 4.78 is 54.4. The molecule has 4 rings (SSSR count). The lowest BCUT2D eigenvalue weighted by molar-refractivity contribution is -0.190. The van der Waals surface area contributed by atoms with Gasteiger partial charge in [0.05, 0.1) is 17.6 Å². The van der Waals surface area contributed by atoms with Crippen molar-refractivity contribution in [2.45, 2.75) is 84.0 Å². The van der Waals surface area contributed by atoms with Gasteiger partial charge in [0.25, 0.3) is 5.91 Å². The monoisotopic (exact) mass is 725 g/mol. The number of amides is 2. The second kappa shape index (κ2) is 15.0. The molecule has 3 heterocycles. The first kappa shape index (κ1) is 38.1. The molecular formula is C33H43ClF3N7O4S. The highest BCUT2D eigenvalue weighted by Crippen LogP contribution is 2.59. The third kappa shape index (κ3) is 10.2. The van der Waals surface area contributed by atoms with Crippen LogP contribution in [0.3, 0.4) is 0 Å². The third-order valence-electron chi connectivity index (χ3n) is 8.29. The van der Waals surface area contributed by atoms with E-state index in [4.69, 9.17) is 21.1 Å². The van der Waals surface area contributed by atoms with Gasteiger partial charge in [-0.25, -0.2) is 19.5 Å². The van der Waals surface area contributed by atoms with E-state index in [0.717, 1.165) is 24.8 Å². The van der Waals surface area contributed by atoms with Crippen molar-refractivity contribution >= 4 is 40.6 Å². The Morgan fingerprint density at radius 3 is 2.55 bits per heavy atom. The Bertz CT molecular complexity index is 1580. The summed E-state index contributed by atoms with van der Waals surface area (Å²) in [6, 6.07) is 4.51. The number of halogens is 4. The van der Waals surface area contributed by atoms with Crippen molar-refractivity contribution in [2.75, 3.05) is 19.7 Å². The molecule has 11 nitrogen and oxygen atoms in total. The molecule has 0 radical (unpaired) electrons. The van der Waals surface area contributed by atoms with Gasteiger partial charge in [-0.1, -0.05) is 24.8 Å². The lowest BCUT2D eigenvalue weighted by Crippen LogP contribution is -2.45. The highest BCUT2D eigenvalue weighted by Gasteiger charge is 2.62. The number of ether oxygens (including phenoxy) is 2. The summed E-state index contributed by atoms with van der Waals surface area (Å²) in [6.45, 7) is 18.4. The van der Waals surface area contributed by atoms with Gasteiger partial charge >= 0.3 is 12.3 Å². The van der Waals surface area contributed by atoms with Crippen LogP contribution in [0.4, 0.5) is 18.0 Å². The second-order valence-corrected chi connectivity index (χ2v) is 15.0. The normalized spacial score (nSPS) is 18.5. The number of aromatic nitrogens is 3. The smallest absolute Gasteiger partial charge is 0.410 e. The molecule has 2 aliphatic rings. The number of aliphatic imine (C=N–C) groups is 1.